The molecule has 1 fully saturated rings. The average molecular weight is 271 g/mol. The number of rotatable bonds is 5. The van der Waals surface area contributed by atoms with E-state index in [1.54, 1.807) is 0 Å². The summed E-state index contributed by atoms with van der Waals surface area (Å²) in [6.07, 6.45) is 8.93. The SMILES string of the molecule is CC1CCCC(CCNCc2coc3ccccc23)C1. The number of para-hydroxylation sites is 1. The van der Waals surface area contributed by atoms with Crippen LogP contribution in [0.15, 0.2) is 34.9 Å². The fourth-order valence-corrected chi connectivity index (χ4v) is 3.52. The number of hydrogen-bond donors (Lipinski definition) is 1. The van der Waals surface area contributed by atoms with E-state index in [4.69, 9.17) is 4.42 Å². The Balaban J connectivity index is 1.46. The zero-order valence-corrected chi connectivity index (χ0v) is 12.4. The Morgan fingerprint density at radius 2 is 2.15 bits per heavy atom. The second kappa shape index (κ2) is 6.45. The van der Waals surface area contributed by atoms with Gasteiger partial charge in [0.15, 0.2) is 0 Å². The first-order chi connectivity index (χ1) is 9.83. The van der Waals surface area contributed by atoms with Gasteiger partial charge in [-0.05, 0) is 37.3 Å². The average Bonchev–Trinajstić information content (AvgIpc) is 2.87. The molecule has 0 aliphatic heterocycles. The van der Waals surface area contributed by atoms with Crippen molar-refractivity contribution in [2.75, 3.05) is 6.54 Å². The van der Waals surface area contributed by atoms with Gasteiger partial charge in [-0.2, -0.15) is 0 Å². The number of benzene rings is 1. The Kier molecular flexibility index (Phi) is 4.41. The molecule has 2 nitrogen and oxygen atoms in total. The smallest absolute Gasteiger partial charge is 0.134 e. The monoisotopic (exact) mass is 271 g/mol. The Hall–Kier alpha value is -1.28. The van der Waals surface area contributed by atoms with E-state index >= 15 is 0 Å². The Bertz CT molecular complexity index is 545. The van der Waals surface area contributed by atoms with Crippen molar-refractivity contribution >= 4 is 11.0 Å². The highest BCUT2D eigenvalue weighted by Crippen LogP contribution is 2.30. The summed E-state index contributed by atoms with van der Waals surface area (Å²) in [5.74, 6) is 1.87. The Labute approximate surface area is 121 Å². The van der Waals surface area contributed by atoms with Gasteiger partial charge >= 0.3 is 0 Å². The number of fused-ring (bicyclic) bond motifs is 1. The third kappa shape index (κ3) is 3.24. The molecule has 0 spiro atoms. The molecule has 0 radical (unpaired) electrons. The van der Waals surface area contributed by atoms with Crippen molar-refractivity contribution in [2.45, 2.75) is 45.6 Å². The first-order valence-corrected chi connectivity index (χ1v) is 7.99. The van der Waals surface area contributed by atoms with E-state index in [1.807, 2.05) is 18.4 Å². The normalized spacial score (nSPS) is 23.2. The highest BCUT2D eigenvalue weighted by molar-refractivity contribution is 5.80. The molecule has 2 atom stereocenters. The molecule has 1 N–H and O–H groups in total. The van der Waals surface area contributed by atoms with Gasteiger partial charge in [-0.15, -0.1) is 0 Å². The lowest BCUT2D eigenvalue weighted by molar-refractivity contribution is 0.267. The van der Waals surface area contributed by atoms with Crippen molar-refractivity contribution < 1.29 is 4.42 Å². The first kappa shape index (κ1) is 13.7. The molecule has 1 saturated carbocycles. The molecule has 1 aliphatic carbocycles. The molecular formula is C18H25NO. The summed E-state index contributed by atoms with van der Waals surface area (Å²) < 4.78 is 5.57. The molecule has 20 heavy (non-hydrogen) atoms. The zero-order chi connectivity index (χ0) is 13.8. The summed E-state index contributed by atoms with van der Waals surface area (Å²) in [6, 6.07) is 8.26. The topological polar surface area (TPSA) is 25.2 Å². The molecule has 1 aromatic heterocycles. The second-order valence-electron chi connectivity index (χ2n) is 6.36. The van der Waals surface area contributed by atoms with E-state index in [9.17, 15) is 0 Å². The van der Waals surface area contributed by atoms with Gasteiger partial charge in [0.2, 0.25) is 0 Å². The van der Waals surface area contributed by atoms with Gasteiger partial charge in [-0.1, -0.05) is 44.4 Å². The van der Waals surface area contributed by atoms with Crippen LogP contribution < -0.4 is 5.32 Å². The third-order valence-corrected chi connectivity index (χ3v) is 4.65. The first-order valence-electron chi connectivity index (χ1n) is 7.99. The number of furan rings is 1. The van der Waals surface area contributed by atoms with Gasteiger partial charge in [-0.3, -0.25) is 0 Å². The van der Waals surface area contributed by atoms with Gasteiger partial charge < -0.3 is 9.73 Å². The van der Waals surface area contributed by atoms with Crippen LogP contribution in [-0.4, -0.2) is 6.54 Å². The quantitative estimate of drug-likeness (QED) is 0.795. The van der Waals surface area contributed by atoms with Crippen molar-refractivity contribution in [3.8, 4) is 0 Å². The molecule has 3 rings (SSSR count). The molecule has 2 aromatic rings. The molecule has 0 saturated heterocycles. The van der Waals surface area contributed by atoms with Gasteiger partial charge in [0, 0.05) is 17.5 Å². The summed E-state index contributed by atoms with van der Waals surface area (Å²) in [4.78, 5) is 0. The number of hydrogen-bond acceptors (Lipinski definition) is 2. The van der Waals surface area contributed by atoms with Crippen LogP contribution >= 0.6 is 0 Å². The number of nitrogens with one attached hydrogen (secondary N) is 1. The molecule has 108 valence electrons. The fraction of sp³-hybridized carbons (Fsp3) is 0.556. The maximum atomic E-state index is 5.57. The summed E-state index contributed by atoms with van der Waals surface area (Å²) in [7, 11) is 0. The van der Waals surface area contributed by atoms with Crippen LogP contribution in [0, 0.1) is 11.8 Å². The van der Waals surface area contributed by atoms with Gasteiger partial charge in [0.25, 0.3) is 0 Å². The van der Waals surface area contributed by atoms with Crippen molar-refractivity contribution in [2.24, 2.45) is 11.8 Å². The molecule has 1 aromatic carbocycles. The largest absolute Gasteiger partial charge is 0.464 e. The lowest BCUT2D eigenvalue weighted by Crippen LogP contribution is -2.21. The second-order valence-corrected chi connectivity index (χ2v) is 6.36. The van der Waals surface area contributed by atoms with Gasteiger partial charge in [-0.25, -0.2) is 0 Å². The lowest BCUT2D eigenvalue weighted by atomic mass is 9.81. The molecule has 1 heterocycles. The molecule has 0 amide bonds. The maximum absolute atomic E-state index is 5.57. The molecule has 1 aliphatic rings. The molecule has 0 bridgehead atoms. The predicted molar refractivity (Wildman–Crippen MR) is 83.7 cm³/mol. The van der Waals surface area contributed by atoms with Crippen LogP contribution in [-0.2, 0) is 6.54 Å². The molecule has 2 unspecified atom stereocenters. The molecule has 2 heteroatoms. The van der Waals surface area contributed by atoms with E-state index in [2.05, 4.69) is 24.4 Å². The minimum Gasteiger partial charge on any atom is -0.464 e. The predicted octanol–water partition coefficient (Wildman–Crippen LogP) is 4.74. The van der Waals surface area contributed by atoms with Crippen LogP contribution in [0.2, 0.25) is 0 Å². The zero-order valence-electron chi connectivity index (χ0n) is 12.4. The highest BCUT2D eigenvalue weighted by atomic mass is 16.3. The van der Waals surface area contributed by atoms with Crippen LogP contribution in [0.1, 0.15) is 44.6 Å². The Morgan fingerprint density at radius 3 is 3.05 bits per heavy atom. The summed E-state index contributed by atoms with van der Waals surface area (Å²) in [5.41, 5.74) is 2.27. The van der Waals surface area contributed by atoms with Gasteiger partial charge in [0.05, 0.1) is 6.26 Å². The minimum absolute atomic E-state index is 0.916. The maximum Gasteiger partial charge on any atom is 0.134 e. The van der Waals surface area contributed by atoms with Crippen molar-refractivity contribution in [1.29, 1.82) is 0 Å². The lowest BCUT2D eigenvalue weighted by Gasteiger charge is -2.26. The summed E-state index contributed by atoms with van der Waals surface area (Å²) in [5, 5.41) is 4.82. The van der Waals surface area contributed by atoms with Crippen LogP contribution in [0.3, 0.4) is 0 Å². The highest BCUT2D eigenvalue weighted by Gasteiger charge is 2.18. The van der Waals surface area contributed by atoms with E-state index in [0.29, 0.717) is 0 Å². The molecular weight excluding hydrogens is 246 g/mol. The van der Waals surface area contributed by atoms with E-state index in [1.165, 1.54) is 43.1 Å². The van der Waals surface area contributed by atoms with Gasteiger partial charge in [0.1, 0.15) is 5.58 Å². The fourth-order valence-electron chi connectivity index (χ4n) is 3.52. The van der Waals surface area contributed by atoms with Crippen molar-refractivity contribution in [3.63, 3.8) is 0 Å². The summed E-state index contributed by atoms with van der Waals surface area (Å²) >= 11 is 0. The van der Waals surface area contributed by atoms with Crippen LogP contribution in [0.5, 0.6) is 0 Å². The Morgan fingerprint density at radius 1 is 1.25 bits per heavy atom. The van der Waals surface area contributed by atoms with E-state index < -0.39 is 0 Å². The van der Waals surface area contributed by atoms with Crippen LogP contribution in [0.4, 0.5) is 0 Å². The third-order valence-electron chi connectivity index (χ3n) is 4.65. The standard InChI is InChI=1S/C18H25NO/c1-14-5-4-6-15(11-14)9-10-19-12-16-13-20-18-8-3-2-7-17(16)18/h2-3,7-8,13-15,19H,4-6,9-12H2,1H3. The van der Waals surface area contributed by atoms with E-state index in [-0.39, 0.29) is 0 Å². The van der Waals surface area contributed by atoms with Crippen molar-refractivity contribution in [1.82, 2.24) is 5.32 Å². The van der Waals surface area contributed by atoms with E-state index in [0.717, 1.165) is 30.5 Å². The minimum atomic E-state index is 0.916. The summed E-state index contributed by atoms with van der Waals surface area (Å²) in [6.45, 7) is 4.44. The van der Waals surface area contributed by atoms with Crippen molar-refractivity contribution in [3.05, 3.63) is 36.1 Å². The van der Waals surface area contributed by atoms with Crippen LogP contribution in [0.25, 0.3) is 11.0 Å².